The van der Waals surface area contributed by atoms with Crippen LogP contribution in [-0.2, 0) is 17.9 Å². The highest BCUT2D eigenvalue weighted by molar-refractivity contribution is 5.80. The highest BCUT2D eigenvalue weighted by atomic mass is 19.3. The minimum absolute atomic E-state index is 0.105. The molecular weight excluding hydrogens is 402 g/mol. The Hall–Kier alpha value is -2.67. The Kier molecular flexibility index (Phi) is 6.41. The van der Waals surface area contributed by atoms with Gasteiger partial charge in [-0.25, -0.2) is 0 Å². The Morgan fingerprint density at radius 2 is 1.74 bits per heavy atom. The first-order valence-electron chi connectivity index (χ1n) is 10.7. The Morgan fingerprint density at radius 3 is 2.45 bits per heavy atom. The molecule has 2 saturated heterocycles. The van der Waals surface area contributed by atoms with Crippen molar-refractivity contribution in [1.29, 1.82) is 0 Å². The van der Waals surface area contributed by atoms with E-state index in [2.05, 4.69) is 15.7 Å². The Morgan fingerprint density at radius 1 is 1.00 bits per heavy atom. The van der Waals surface area contributed by atoms with Gasteiger partial charge >= 0.3 is 6.61 Å². The summed E-state index contributed by atoms with van der Waals surface area (Å²) in [6, 6.07) is 15.0. The van der Waals surface area contributed by atoms with Crippen LogP contribution in [0.1, 0.15) is 37.8 Å². The molecule has 0 N–H and O–H groups in total. The number of ether oxygens (including phenoxy) is 2. The van der Waals surface area contributed by atoms with Gasteiger partial charge in [0, 0.05) is 43.7 Å². The van der Waals surface area contributed by atoms with Crippen molar-refractivity contribution in [2.75, 3.05) is 6.54 Å². The van der Waals surface area contributed by atoms with Crippen LogP contribution in [0.4, 0.5) is 8.78 Å². The van der Waals surface area contributed by atoms with E-state index in [0.29, 0.717) is 13.0 Å². The Balaban J connectivity index is 1.42. The standard InChI is InChI=1S/C24H28F2N2O3/c1-16(2)30-22-6-4-3-5-18(22)15-27-12-11-20-21(27)13-23(29)28(20)14-17-7-9-19(10-8-17)31-24(25)26/h3-10,16,20-21,24H,11-15H2,1-2H3/t20-,21-/m0/s1. The largest absolute Gasteiger partial charge is 0.491 e. The van der Waals surface area contributed by atoms with Crippen LogP contribution in [0.15, 0.2) is 48.5 Å². The van der Waals surface area contributed by atoms with E-state index >= 15 is 0 Å². The van der Waals surface area contributed by atoms with Gasteiger partial charge < -0.3 is 14.4 Å². The molecule has 2 heterocycles. The molecule has 0 radical (unpaired) electrons. The van der Waals surface area contributed by atoms with Gasteiger partial charge in [-0.2, -0.15) is 8.78 Å². The molecule has 2 atom stereocenters. The van der Waals surface area contributed by atoms with Crippen LogP contribution >= 0.6 is 0 Å². The van der Waals surface area contributed by atoms with Crippen molar-refractivity contribution in [2.45, 2.75) is 64.6 Å². The lowest BCUT2D eigenvalue weighted by atomic mass is 10.1. The van der Waals surface area contributed by atoms with Gasteiger partial charge in [-0.15, -0.1) is 0 Å². The number of hydrogen-bond donors (Lipinski definition) is 0. The summed E-state index contributed by atoms with van der Waals surface area (Å²) >= 11 is 0. The van der Waals surface area contributed by atoms with E-state index in [1.54, 1.807) is 12.1 Å². The summed E-state index contributed by atoms with van der Waals surface area (Å²) in [5, 5.41) is 0. The number of hydrogen-bond acceptors (Lipinski definition) is 4. The fourth-order valence-corrected chi connectivity index (χ4v) is 4.61. The number of para-hydroxylation sites is 1. The lowest BCUT2D eigenvalue weighted by Crippen LogP contribution is -2.36. The highest BCUT2D eigenvalue weighted by Crippen LogP contribution is 2.35. The summed E-state index contributed by atoms with van der Waals surface area (Å²) in [6.45, 7) is 3.36. The highest BCUT2D eigenvalue weighted by Gasteiger charge is 2.46. The second-order valence-corrected chi connectivity index (χ2v) is 8.42. The second kappa shape index (κ2) is 9.22. The van der Waals surface area contributed by atoms with Gasteiger partial charge in [0.15, 0.2) is 0 Å². The van der Waals surface area contributed by atoms with Crippen LogP contribution in [0.25, 0.3) is 0 Å². The van der Waals surface area contributed by atoms with Crippen LogP contribution in [0, 0.1) is 0 Å². The minimum atomic E-state index is -2.84. The van der Waals surface area contributed by atoms with Crippen LogP contribution in [0.2, 0.25) is 0 Å². The van der Waals surface area contributed by atoms with E-state index in [9.17, 15) is 13.6 Å². The van der Waals surface area contributed by atoms with Gasteiger partial charge in [0.05, 0.1) is 6.10 Å². The third kappa shape index (κ3) is 4.98. The summed E-state index contributed by atoms with van der Waals surface area (Å²) in [5.41, 5.74) is 2.04. The molecule has 31 heavy (non-hydrogen) atoms. The fourth-order valence-electron chi connectivity index (χ4n) is 4.61. The first kappa shape index (κ1) is 21.6. The summed E-state index contributed by atoms with van der Waals surface area (Å²) in [4.78, 5) is 17.1. The average Bonchev–Trinajstić information content (AvgIpc) is 3.24. The van der Waals surface area contributed by atoms with E-state index in [-0.39, 0.29) is 29.8 Å². The molecule has 0 aliphatic carbocycles. The number of carbonyl (C=O) groups is 1. The molecule has 1 amide bonds. The zero-order chi connectivity index (χ0) is 22.0. The molecule has 0 bridgehead atoms. The molecule has 4 rings (SSSR count). The van der Waals surface area contributed by atoms with Gasteiger partial charge in [0.1, 0.15) is 11.5 Å². The normalized spacial score (nSPS) is 21.2. The Labute approximate surface area is 181 Å². The van der Waals surface area contributed by atoms with E-state index < -0.39 is 6.61 Å². The molecule has 0 spiro atoms. The topological polar surface area (TPSA) is 42.0 Å². The van der Waals surface area contributed by atoms with Crippen molar-refractivity contribution < 1.29 is 23.0 Å². The molecule has 0 aromatic heterocycles. The zero-order valence-electron chi connectivity index (χ0n) is 17.8. The summed E-state index contributed by atoms with van der Waals surface area (Å²) in [7, 11) is 0. The number of halogens is 2. The molecule has 5 nitrogen and oxygen atoms in total. The van der Waals surface area contributed by atoms with Gasteiger partial charge in [-0.1, -0.05) is 30.3 Å². The smallest absolute Gasteiger partial charge is 0.387 e. The first-order valence-corrected chi connectivity index (χ1v) is 10.7. The molecule has 2 aromatic rings. The van der Waals surface area contributed by atoms with Crippen LogP contribution in [0.5, 0.6) is 11.5 Å². The summed E-state index contributed by atoms with van der Waals surface area (Å²) in [6.07, 6.45) is 1.54. The number of amides is 1. The summed E-state index contributed by atoms with van der Waals surface area (Å²) in [5.74, 6) is 1.16. The predicted octanol–water partition coefficient (Wildman–Crippen LogP) is 4.45. The molecular formula is C24H28F2N2O3. The number of benzene rings is 2. The third-order valence-electron chi connectivity index (χ3n) is 5.94. The Bertz CT molecular complexity index is 904. The van der Waals surface area contributed by atoms with Crippen molar-refractivity contribution >= 4 is 5.91 Å². The number of rotatable bonds is 8. The van der Waals surface area contributed by atoms with Crippen molar-refractivity contribution in [2.24, 2.45) is 0 Å². The maximum atomic E-state index is 12.8. The van der Waals surface area contributed by atoms with Crippen LogP contribution in [0.3, 0.4) is 0 Å². The number of carbonyl (C=O) groups excluding carboxylic acids is 1. The van der Waals surface area contributed by atoms with E-state index in [1.807, 2.05) is 36.9 Å². The number of alkyl halides is 2. The second-order valence-electron chi connectivity index (χ2n) is 8.42. The van der Waals surface area contributed by atoms with E-state index in [1.165, 1.54) is 12.1 Å². The molecule has 2 aliphatic rings. The fraction of sp³-hybridized carbons (Fsp3) is 0.458. The molecule has 0 unspecified atom stereocenters. The summed E-state index contributed by atoms with van der Waals surface area (Å²) < 4.78 is 35.0. The van der Waals surface area contributed by atoms with Crippen molar-refractivity contribution in [3.8, 4) is 11.5 Å². The number of nitrogens with zero attached hydrogens (tertiary/aromatic N) is 2. The molecule has 7 heteroatoms. The van der Waals surface area contributed by atoms with E-state index in [4.69, 9.17) is 4.74 Å². The maximum absolute atomic E-state index is 12.8. The maximum Gasteiger partial charge on any atom is 0.387 e. The van der Waals surface area contributed by atoms with Crippen molar-refractivity contribution in [3.05, 3.63) is 59.7 Å². The van der Waals surface area contributed by atoms with Gasteiger partial charge in [0.2, 0.25) is 5.91 Å². The lowest BCUT2D eigenvalue weighted by Gasteiger charge is -2.26. The number of fused-ring (bicyclic) bond motifs is 1. The average molecular weight is 430 g/mol. The third-order valence-corrected chi connectivity index (χ3v) is 5.94. The van der Waals surface area contributed by atoms with Crippen molar-refractivity contribution in [3.63, 3.8) is 0 Å². The van der Waals surface area contributed by atoms with Gasteiger partial charge in [-0.3, -0.25) is 9.69 Å². The number of likely N-dealkylation sites (tertiary alicyclic amines) is 2. The lowest BCUT2D eigenvalue weighted by molar-refractivity contribution is -0.129. The SMILES string of the molecule is CC(C)Oc1ccccc1CN1CC[C@H]2[C@@H]1CC(=O)N2Cc1ccc(OC(F)F)cc1. The first-order chi connectivity index (χ1) is 14.9. The van der Waals surface area contributed by atoms with Crippen LogP contribution < -0.4 is 9.47 Å². The molecule has 166 valence electrons. The van der Waals surface area contributed by atoms with Crippen LogP contribution in [-0.4, -0.2) is 47.1 Å². The molecule has 2 aliphatic heterocycles. The minimum Gasteiger partial charge on any atom is -0.491 e. The molecule has 0 saturated carbocycles. The predicted molar refractivity (Wildman–Crippen MR) is 113 cm³/mol. The van der Waals surface area contributed by atoms with E-state index in [0.717, 1.165) is 36.4 Å². The zero-order valence-corrected chi connectivity index (χ0v) is 17.8. The monoisotopic (exact) mass is 430 g/mol. The van der Waals surface area contributed by atoms with Crippen molar-refractivity contribution in [1.82, 2.24) is 9.80 Å². The quantitative estimate of drug-likeness (QED) is 0.621. The molecule has 2 aromatic carbocycles. The van der Waals surface area contributed by atoms with Gasteiger partial charge in [-0.05, 0) is 44.0 Å². The van der Waals surface area contributed by atoms with Gasteiger partial charge in [0.25, 0.3) is 0 Å². The molecule has 2 fully saturated rings.